The van der Waals surface area contributed by atoms with Crippen LogP contribution >= 0.6 is 22.9 Å². The van der Waals surface area contributed by atoms with Gasteiger partial charge in [0.05, 0.1) is 28.4 Å². The van der Waals surface area contributed by atoms with Gasteiger partial charge >= 0.3 is 0 Å². The molecule has 3 aromatic rings. The number of amides is 2. The van der Waals surface area contributed by atoms with Crippen LogP contribution in [0, 0.1) is 18.8 Å². The van der Waals surface area contributed by atoms with E-state index in [1.165, 1.54) is 16.2 Å². The Morgan fingerprint density at radius 1 is 1.00 bits per heavy atom. The molecule has 2 aromatic carbocycles. The van der Waals surface area contributed by atoms with Crippen LogP contribution in [0.25, 0.3) is 6.08 Å². The second-order valence-electron chi connectivity index (χ2n) is 8.62. The van der Waals surface area contributed by atoms with Crippen molar-refractivity contribution in [3.05, 3.63) is 92.8 Å². The van der Waals surface area contributed by atoms with Crippen LogP contribution < -0.4 is 4.90 Å². The van der Waals surface area contributed by atoms with Gasteiger partial charge in [-0.2, -0.15) is 0 Å². The Hall–Kier alpha value is -3.22. The van der Waals surface area contributed by atoms with Gasteiger partial charge < -0.3 is 4.90 Å². The number of carbonyl (C=O) groups excluding carboxylic acids is 3. The van der Waals surface area contributed by atoms with Gasteiger partial charge in [0.2, 0.25) is 11.8 Å². The van der Waals surface area contributed by atoms with Crippen molar-refractivity contribution >= 4 is 52.3 Å². The number of nitrogens with zero attached hydrogens (tertiary/aromatic N) is 2. The minimum absolute atomic E-state index is 0.127. The quantitative estimate of drug-likeness (QED) is 0.391. The fraction of sp³-hybridized carbons (Fsp3) is 0.192. The Bertz CT molecular complexity index is 1350. The number of halogens is 1. The lowest BCUT2D eigenvalue weighted by atomic mass is 9.84. The van der Waals surface area contributed by atoms with Crippen molar-refractivity contribution in [1.29, 1.82) is 0 Å². The van der Waals surface area contributed by atoms with E-state index in [9.17, 15) is 14.4 Å². The van der Waals surface area contributed by atoms with Crippen molar-refractivity contribution < 1.29 is 14.4 Å². The molecule has 3 aliphatic heterocycles. The van der Waals surface area contributed by atoms with Crippen LogP contribution in [0.1, 0.15) is 32.4 Å². The maximum absolute atomic E-state index is 13.9. The minimum atomic E-state index is -0.772. The predicted molar refractivity (Wildman–Crippen MR) is 128 cm³/mol. The van der Waals surface area contributed by atoms with Crippen LogP contribution in [0.5, 0.6) is 0 Å². The third-order valence-corrected chi connectivity index (χ3v) is 8.03. The summed E-state index contributed by atoms with van der Waals surface area (Å²) in [6.07, 6.45) is 3.83. The zero-order valence-electron chi connectivity index (χ0n) is 17.6. The molecule has 0 unspecified atom stereocenters. The molecule has 0 aliphatic carbocycles. The first-order valence-electron chi connectivity index (χ1n) is 10.7. The highest BCUT2D eigenvalue weighted by Gasteiger charge is 2.64. The Balaban J connectivity index is 1.52. The van der Waals surface area contributed by atoms with Crippen molar-refractivity contribution in [2.24, 2.45) is 11.8 Å². The van der Waals surface area contributed by atoms with E-state index in [-0.39, 0.29) is 23.6 Å². The van der Waals surface area contributed by atoms with Crippen molar-refractivity contribution in [1.82, 2.24) is 4.90 Å². The van der Waals surface area contributed by atoms with E-state index >= 15 is 0 Å². The molecule has 5 nitrogen and oxygen atoms in total. The van der Waals surface area contributed by atoms with Crippen LogP contribution in [0.4, 0.5) is 5.69 Å². The zero-order chi connectivity index (χ0) is 22.9. The summed E-state index contributed by atoms with van der Waals surface area (Å²) < 4.78 is 0. The van der Waals surface area contributed by atoms with Gasteiger partial charge in [0, 0.05) is 11.2 Å². The minimum Gasteiger partial charge on any atom is -0.358 e. The van der Waals surface area contributed by atoms with Crippen molar-refractivity contribution in [3.63, 3.8) is 0 Å². The highest BCUT2D eigenvalue weighted by molar-refractivity contribution is 7.12. The smallest absolute Gasteiger partial charge is 0.240 e. The Morgan fingerprint density at radius 2 is 1.79 bits per heavy atom. The molecule has 0 radical (unpaired) electrons. The molecule has 2 fully saturated rings. The molecule has 0 saturated carbocycles. The molecule has 2 saturated heterocycles. The number of fused-ring (bicyclic) bond motifs is 5. The van der Waals surface area contributed by atoms with E-state index in [1.807, 2.05) is 59.8 Å². The van der Waals surface area contributed by atoms with Gasteiger partial charge in [-0.05, 0) is 53.3 Å². The molecular weight excluding hydrogens is 456 g/mol. The maximum atomic E-state index is 13.9. The molecule has 3 aliphatic rings. The molecule has 2 amide bonds. The van der Waals surface area contributed by atoms with Crippen molar-refractivity contribution in [3.8, 4) is 0 Å². The first-order chi connectivity index (χ1) is 16.0. The van der Waals surface area contributed by atoms with E-state index < -0.39 is 17.9 Å². The number of thiophene rings is 1. The first kappa shape index (κ1) is 20.4. The highest BCUT2D eigenvalue weighted by atomic mass is 35.5. The lowest BCUT2D eigenvalue weighted by Gasteiger charge is -2.35. The SMILES string of the molecule is Cc1ccc(Cl)cc1N1C(=O)[C@@H]2[C@H](C1=O)[C@H]1c3ccccc3C=CN1[C@H]2C(=O)c1cccs1. The second-order valence-corrected chi connectivity index (χ2v) is 10.0. The number of hydrogen-bond acceptors (Lipinski definition) is 5. The number of Topliss-reactive ketones (excluding diaryl/α,β-unsaturated/α-hetero) is 1. The van der Waals surface area contributed by atoms with E-state index in [4.69, 9.17) is 11.6 Å². The lowest BCUT2D eigenvalue weighted by molar-refractivity contribution is -0.123. The zero-order valence-corrected chi connectivity index (χ0v) is 19.2. The number of ketones is 1. The number of hydrogen-bond donors (Lipinski definition) is 0. The molecule has 33 heavy (non-hydrogen) atoms. The highest BCUT2D eigenvalue weighted by Crippen LogP contribution is 2.54. The van der Waals surface area contributed by atoms with E-state index in [1.54, 1.807) is 24.3 Å². The number of rotatable bonds is 3. The topological polar surface area (TPSA) is 57.7 Å². The monoisotopic (exact) mass is 474 g/mol. The molecule has 7 heteroatoms. The molecule has 164 valence electrons. The number of imide groups is 1. The Morgan fingerprint density at radius 3 is 2.58 bits per heavy atom. The molecule has 0 spiro atoms. The Labute approximate surface area is 199 Å². The van der Waals surface area contributed by atoms with Gasteiger partial charge in [0.1, 0.15) is 6.04 Å². The van der Waals surface area contributed by atoms with E-state index in [0.29, 0.717) is 15.6 Å². The van der Waals surface area contributed by atoms with Crippen molar-refractivity contribution in [2.45, 2.75) is 19.0 Å². The summed E-state index contributed by atoms with van der Waals surface area (Å²) in [5.41, 5.74) is 3.23. The first-order valence-corrected chi connectivity index (χ1v) is 12.0. The van der Waals surface area contributed by atoms with E-state index in [2.05, 4.69) is 0 Å². The summed E-state index contributed by atoms with van der Waals surface area (Å²) >= 11 is 7.57. The third-order valence-electron chi connectivity index (χ3n) is 6.91. The van der Waals surface area contributed by atoms with Crippen LogP contribution in [0.3, 0.4) is 0 Å². The summed E-state index contributed by atoms with van der Waals surface area (Å²) in [7, 11) is 0. The van der Waals surface area contributed by atoms with E-state index in [0.717, 1.165) is 16.7 Å². The van der Waals surface area contributed by atoms with Crippen LogP contribution in [0.2, 0.25) is 5.02 Å². The summed E-state index contributed by atoms with van der Waals surface area (Å²) in [5.74, 6) is -2.18. The lowest BCUT2D eigenvalue weighted by Crippen LogP contribution is -2.44. The van der Waals surface area contributed by atoms with Crippen LogP contribution in [-0.4, -0.2) is 28.5 Å². The number of aryl methyl sites for hydroxylation is 1. The standard InChI is InChI=1S/C26H19ClN2O3S/c1-14-8-9-16(27)13-18(14)29-25(31)20-21(26(29)32)23(24(30)19-7-4-12-33-19)28-11-10-15-5-2-3-6-17(15)22(20)28/h2-13,20-23H,1H3/t20-,21+,22+,23+/m0/s1. The summed E-state index contributed by atoms with van der Waals surface area (Å²) in [5, 5.41) is 2.30. The normalized spacial score (nSPS) is 25.3. The third kappa shape index (κ3) is 2.87. The summed E-state index contributed by atoms with van der Waals surface area (Å²) in [6, 6.07) is 15.5. The van der Waals surface area contributed by atoms with Gasteiger partial charge in [0.25, 0.3) is 0 Å². The fourth-order valence-corrected chi connectivity index (χ4v) is 6.35. The van der Waals surface area contributed by atoms with Gasteiger partial charge in [-0.3, -0.25) is 14.4 Å². The summed E-state index contributed by atoms with van der Waals surface area (Å²) in [6.45, 7) is 1.85. The number of benzene rings is 2. The van der Waals surface area contributed by atoms with Crippen LogP contribution in [0.15, 0.2) is 66.2 Å². The van der Waals surface area contributed by atoms with Crippen molar-refractivity contribution in [2.75, 3.05) is 4.90 Å². The van der Waals surface area contributed by atoms with Gasteiger partial charge in [-0.25, -0.2) is 4.90 Å². The molecule has 6 rings (SSSR count). The number of anilines is 1. The molecule has 4 heterocycles. The van der Waals surface area contributed by atoms with Gasteiger partial charge in [-0.1, -0.05) is 48.0 Å². The second kappa shape index (κ2) is 7.40. The predicted octanol–water partition coefficient (Wildman–Crippen LogP) is 5.11. The molecular formula is C26H19ClN2O3S. The average molecular weight is 475 g/mol. The largest absolute Gasteiger partial charge is 0.358 e. The number of carbonyl (C=O) groups is 3. The molecule has 0 N–H and O–H groups in total. The van der Waals surface area contributed by atoms with Crippen LogP contribution in [-0.2, 0) is 9.59 Å². The molecule has 4 atom stereocenters. The maximum Gasteiger partial charge on any atom is 0.240 e. The molecule has 1 aromatic heterocycles. The summed E-state index contributed by atoms with van der Waals surface area (Å²) in [4.78, 5) is 45.2. The van der Waals surface area contributed by atoms with Gasteiger partial charge in [-0.15, -0.1) is 11.3 Å². The molecule has 0 bridgehead atoms. The van der Waals surface area contributed by atoms with Gasteiger partial charge in [0.15, 0.2) is 5.78 Å². The fourth-order valence-electron chi connectivity index (χ4n) is 5.48. The Kier molecular flexibility index (Phi) is 4.57. The average Bonchev–Trinajstić information content (AvgIpc) is 3.52.